The van der Waals surface area contributed by atoms with Crippen molar-refractivity contribution in [3.8, 4) is 47.4 Å². The molecule has 0 unspecified atom stereocenters. The number of hydrogen-bond donors (Lipinski definition) is 3. The van der Waals surface area contributed by atoms with Crippen molar-refractivity contribution in [2.75, 3.05) is 6.61 Å². The summed E-state index contributed by atoms with van der Waals surface area (Å²) in [6.07, 6.45) is 3.14. The van der Waals surface area contributed by atoms with Gasteiger partial charge in [0.05, 0.1) is 12.2 Å². The van der Waals surface area contributed by atoms with E-state index in [1.807, 2.05) is 13.8 Å². The molecule has 11 heteroatoms. The SMILES string of the molecule is CCONC(=O)[C@@H](NC(=O)c1ccc(C#CC#Cc2ccc(Cl)nc2)cc1)C(C)C.O=C(O)c1ccc(C#CC#Cc2ccc(Cl)nc2)cc1. The number of aromatic nitrogens is 2. The van der Waals surface area contributed by atoms with Crippen LogP contribution in [0.15, 0.2) is 85.2 Å². The third-order valence-electron chi connectivity index (χ3n) is 6.24. The first-order valence-electron chi connectivity index (χ1n) is 15.0. The van der Waals surface area contributed by atoms with Gasteiger partial charge in [-0.15, -0.1) is 0 Å². The molecule has 0 aliphatic heterocycles. The largest absolute Gasteiger partial charge is 0.478 e. The molecule has 2 heterocycles. The van der Waals surface area contributed by atoms with E-state index in [4.69, 9.17) is 33.1 Å². The van der Waals surface area contributed by atoms with Gasteiger partial charge >= 0.3 is 5.97 Å². The van der Waals surface area contributed by atoms with E-state index in [1.54, 1.807) is 80.0 Å². The number of carboxylic acid groups (broad SMARTS) is 1. The minimum atomic E-state index is -0.959. The van der Waals surface area contributed by atoms with E-state index in [9.17, 15) is 14.4 Å². The summed E-state index contributed by atoms with van der Waals surface area (Å²) in [5, 5.41) is 12.3. The molecule has 50 heavy (non-hydrogen) atoms. The molecule has 2 amide bonds. The van der Waals surface area contributed by atoms with Gasteiger partial charge in [-0.05, 0) is 109 Å². The summed E-state index contributed by atoms with van der Waals surface area (Å²) >= 11 is 11.4. The third kappa shape index (κ3) is 13.6. The molecule has 250 valence electrons. The van der Waals surface area contributed by atoms with Crippen LogP contribution in [0.5, 0.6) is 0 Å². The Bertz CT molecular complexity index is 2040. The van der Waals surface area contributed by atoms with E-state index in [2.05, 4.69) is 68.1 Å². The molecule has 0 aliphatic rings. The molecule has 0 saturated heterocycles. The van der Waals surface area contributed by atoms with Crippen LogP contribution in [0.2, 0.25) is 10.3 Å². The fraction of sp³-hybridized carbons (Fsp3) is 0.154. The van der Waals surface area contributed by atoms with Gasteiger partial charge in [-0.3, -0.25) is 14.4 Å². The lowest BCUT2D eigenvalue weighted by Crippen LogP contribution is -2.49. The minimum Gasteiger partial charge on any atom is -0.478 e. The number of nitrogens with zero attached hydrogens (tertiary/aromatic N) is 2. The zero-order chi connectivity index (χ0) is 36.3. The number of benzene rings is 2. The summed E-state index contributed by atoms with van der Waals surface area (Å²) in [6.45, 7) is 5.79. The van der Waals surface area contributed by atoms with Gasteiger partial charge in [0.15, 0.2) is 0 Å². The molecule has 9 nitrogen and oxygen atoms in total. The first-order chi connectivity index (χ1) is 24.0. The first-order valence-corrected chi connectivity index (χ1v) is 15.7. The third-order valence-corrected chi connectivity index (χ3v) is 6.69. The molecule has 3 N–H and O–H groups in total. The van der Waals surface area contributed by atoms with Gasteiger partial charge in [0, 0.05) is 40.2 Å². The van der Waals surface area contributed by atoms with Gasteiger partial charge in [0.1, 0.15) is 16.3 Å². The Morgan fingerprint density at radius 1 is 0.700 bits per heavy atom. The Balaban J connectivity index is 0.000000292. The van der Waals surface area contributed by atoms with Gasteiger partial charge in [-0.2, -0.15) is 0 Å². The summed E-state index contributed by atoms with van der Waals surface area (Å²) in [5.74, 6) is 20.5. The highest BCUT2D eigenvalue weighted by atomic mass is 35.5. The number of halogens is 2. The van der Waals surface area contributed by atoms with Crippen molar-refractivity contribution in [2.24, 2.45) is 5.92 Å². The van der Waals surface area contributed by atoms with Gasteiger partial charge in [-0.1, -0.05) is 60.7 Å². The standard InChI is InChI=1S/C23H22ClN3O3.C16H8ClNO2/c1-4-30-27-23(29)21(16(2)3)26-22(28)19-12-9-17(10-13-19)7-5-6-8-18-11-14-20(24)25-15-18;17-15-10-7-13(11-18-15)4-2-1-3-12-5-8-14(9-6-12)16(19)20/h9-16,21H,4H2,1-3H3,(H,26,28)(H,27,29);5-11H,(H,19,20)/t21-;/m0./s1. The average molecular weight is 706 g/mol. The molecule has 0 saturated carbocycles. The second-order valence-corrected chi connectivity index (χ2v) is 11.1. The second kappa shape index (κ2) is 20.3. The second-order valence-electron chi connectivity index (χ2n) is 10.3. The zero-order valence-corrected chi connectivity index (χ0v) is 28.7. The predicted molar refractivity (Wildman–Crippen MR) is 192 cm³/mol. The fourth-order valence-electron chi connectivity index (χ4n) is 3.68. The Hall–Kier alpha value is -6.07. The number of carbonyl (C=O) groups excluding carboxylic acids is 2. The molecule has 0 spiro atoms. The highest BCUT2D eigenvalue weighted by Gasteiger charge is 2.24. The van der Waals surface area contributed by atoms with Gasteiger partial charge < -0.3 is 10.4 Å². The molecule has 2 aromatic carbocycles. The maximum absolute atomic E-state index is 12.5. The number of nitrogens with one attached hydrogen (secondary N) is 2. The number of aromatic carboxylic acids is 1. The van der Waals surface area contributed by atoms with E-state index in [-0.39, 0.29) is 17.4 Å². The zero-order valence-electron chi connectivity index (χ0n) is 27.2. The van der Waals surface area contributed by atoms with Crippen LogP contribution in [-0.2, 0) is 9.63 Å². The quantitative estimate of drug-likeness (QED) is 0.126. The van der Waals surface area contributed by atoms with Crippen molar-refractivity contribution in [1.29, 1.82) is 0 Å². The summed E-state index contributed by atoms with van der Waals surface area (Å²) < 4.78 is 0. The molecule has 0 fully saturated rings. The van der Waals surface area contributed by atoms with E-state index >= 15 is 0 Å². The number of rotatable bonds is 7. The first kappa shape index (κ1) is 38.4. The monoisotopic (exact) mass is 704 g/mol. The number of hydrogen-bond acceptors (Lipinski definition) is 6. The number of carbonyl (C=O) groups is 3. The molecule has 4 rings (SSSR count). The topological polar surface area (TPSA) is 131 Å². The summed E-state index contributed by atoms with van der Waals surface area (Å²) in [4.78, 5) is 48.1. The molecule has 0 bridgehead atoms. The van der Waals surface area contributed by atoms with Crippen molar-refractivity contribution in [3.63, 3.8) is 0 Å². The van der Waals surface area contributed by atoms with Crippen molar-refractivity contribution < 1.29 is 24.3 Å². The summed E-state index contributed by atoms with van der Waals surface area (Å²) in [7, 11) is 0. The van der Waals surface area contributed by atoms with Crippen molar-refractivity contribution in [1.82, 2.24) is 20.8 Å². The van der Waals surface area contributed by atoms with Crippen molar-refractivity contribution in [2.45, 2.75) is 26.8 Å². The molecular weight excluding hydrogens is 675 g/mol. The Labute approximate surface area is 300 Å². The van der Waals surface area contributed by atoms with Crippen LogP contribution in [0.3, 0.4) is 0 Å². The fourth-order valence-corrected chi connectivity index (χ4v) is 3.90. The Morgan fingerprint density at radius 2 is 1.12 bits per heavy atom. The number of amides is 2. The Kier molecular flexibility index (Phi) is 15.6. The van der Waals surface area contributed by atoms with Crippen LogP contribution in [0.25, 0.3) is 0 Å². The van der Waals surface area contributed by atoms with E-state index in [1.165, 1.54) is 12.1 Å². The smallest absolute Gasteiger partial charge is 0.335 e. The highest BCUT2D eigenvalue weighted by molar-refractivity contribution is 6.29. The van der Waals surface area contributed by atoms with Gasteiger partial charge in [0.25, 0.3) is 11.8 Å². The summed E-state index contributed by atoms with van der Waals surface area (Å²) in [5.41, 5.74) is 5.85. The normalized spacial score (nSPS) is 10.0. The molecule has 0 radical (unpaired) electrons. The van der Waals surface area contributed by atoms with Gasteiger partial charge in [-0.25, -0.2) is 20.2 Å². The lowest BCUT2D eigenvalue weighted by Gasteiger charge is -2.21. The number of pyridine rings is 2. The highest BCUT2D eigenvalue weighted by Crippen LogP contribution is 2.08. The number of hydroxylamine groups is 1. The number of carboxylic acids is 1. The summed E-state index contributed by atoms with van der Waals surface area (Å²) in [6, 6.07) is 19.1. The van der Waals surface area contributed by atoms with Crippen LogP contribution in [0.4, 0.5) is 0 Å². The molecular formula is C39H30Cl2N4O5. The molecule has 1 atom stereocenters. The van der Waals surface area contributed by atoms with Crippen LogP contribution >= 0.6 is 23.2 Å². The molecule has 2 aromatic heterocycles. The van der Waals surface area contributed by atoms with Crippen LogP contribution in [-0.4, -0.2) is 45.5 Å². The minimum absolute atomic E-state index is 0.103. The van der Waals surface area contributed by atoms with E-state index in [0.29, 0.717) is 39.2 Å². The lowest BCUT2D eigenvalue weighted by atomic mass is 10.0. The van der Waals surface area contributed by atoms with Crippen molar-refractivity contribution >= 4 is 41.0 Å². The van der Waals surface area contributed by atoms with Crippen LogP contribution in [0.1, 0.15) is 63.7 Å². The lowest BCUT2D eigenvalue weighted by molar-refractivity contribution is -0.136. The van der Waals surface area contributed by atoms with Crippen LogP contribution in [0, 0.1) is 53.3 Å². The average Bonchev–Trinajstić information content (AvgIpc) is 3.12. The Morgan fingerprint density at radius 3 is 1.50 bits per heavy atom. The predicted octanol–water partition coefficient (Wildman–Crippen LogP) is 5.80. The van der Waals surface area contributed by atoms with Crippen molar-refractivity contribution in [3.05, 3.63) is 129 Å². The molecule has 4 aromatic rings. The van der Waals surface area contributed by atoms with E-state index < -0.39 is 17.9 Å². The maximum Gasteiger partial charge on any atom is 0.335 e. The molecule has 0 aliphatic carbocycles. The van der Waals surface area contributed by atoms with E-state index in [0.717, 1.165) is 5.56 Å². The van der Waals surface area contributed by atoms with Crippen LogP contribution < -0.4 is 10.8 Å². The van der Waals surface area contributed by atoms with Gasteiger partial charge in [0.2, 0.25) is 0 Å². The maximum atomic E-state index is 12.5.